The fourth-order valence-electron chi connectivity index (χ4n) is 1.98. The molecule has 1 N–H and O–H groups in total. The molecular formula is C15H26N2O. The first-order valence-electron chi connectivity index (χ1n) is 6.77. The van der Waals surface area contributed by atoms with Crippen LogP contribution in [0.3, 0.4) is 0 Å². The molecule has 3 heteroatoms. The van der Waals surface area contributed by atoms with E-state index in [4.69, 9.17) is 4.74 Å². The van der Waals surface area contributed by atoms with Crippen molar-refractivity contribution in [3.8, 4) is 5.75 Å². The van der Waals surface area contributed by atoms with E-state index in [1.807, 2.05) is 19.2 Å². The van der Waals surface area contributed by atoms with E-state index in [1.54, 1.807) is 7.11 Å². The van der Waals surface area contributed by atoms with Crippen LogP contribution < -0.4 is 15.0 Å². The van der Waals surface area contributed by atoms with Crippen molar-refractivity contribution in [2.24, 2.45) is 0 Å². The molecule has 0 spiro atoms. The number of hydrogen-bond acceptors (Lipinski definition) is 3. The van der Waals surface area contributed by atoms with Gasteiger partial charge in [-0.3, -0.25) is 0 Å². The Morgan fingerprint density at radius 1 is 1.17 bits per heavy atom. The second kappa shape index (κ2) is 8.81. The maximum Gasteiger partial charge on any atom is 0.120 e. The van der Waals surface area contributed by atoms with Crippen LogP contribution in [0.15, 0.2) is 24.3 Å². The van der Waals surface area contributed by atoms with Gasteiger partial charge in [-0.25, -0.2) is 0 Å². The van der Waals surface area contributed by atoms with Crippen LogP contribution >= 0.6 is 0 Å². The van der Waals surface area contributed by atoms with Gasteiger partial charge in [0.25, 0.3) is 0 Å². The quantitative estimate of drug-likeness (QED) is 0.682. The van der Waals surface area contributed by atoms with E-state index in [2.05, 4.69) is 29.4 Å². The minimum atomic E-state index is 0.924. The summed E-state index contributed by atoms with van der Waals surface area (Å²) in [5.74, 6) is 0.924. The zero-order chi connectivity index (χ0) is 13.2. The summed E-state index contributed by atoms with van der Waals surface area (Å²) in [6.07, 6.45) is 5.14. The Balaban J connectivity index is 2.25. The van der Waals surface area contributed by atoms with E-state index >= 15 is 0 Å². The fraction of sp³-hybridized carbons (Fsp3) is 0.600. The number of nitrogens with one attached hydrogen (secondary N) is 1. The first kappa shape index (κ1) is 14.8. The second-order valence-corrected chi connectivity index (χ2v) is 4.64. The molecule has 0 saturated heterocycles. The standard InChI is InChI=1S/C15H26N2O/c1-16-11-6-4-5-7-12-17(2)14-9-8-10-15(13-14)18-3/h8-10,13,16H,4-7,11-12H2,1-3H3. The molecule has 0 fully saturated rings. The number of unbranched alkanes of at least 4 members (excludes halogenated alkanes) is 3. The van der Waals surface area contributed by atoms with Gasteiger partial charge in [0.2, 0.25) is 0 Å². The van der Waals surface area contributed by atoms with Gasteiger partial charge in [0.1, 0.15) is 5.75 Å². The highest BCUT2D eigenvalue weighted by Gasteiger charge is 2.01. The number of rotatable bonds is 9. The fourth-order valence-corrected chi connectivity index (χ4v) is 1.98. The Morgan fingerprint density at radius 2 is 1.94 bits per heavy atom. The van der Waals surface area contributed by atoms with Crippen LogP contribution in [0.25, 0.3) is 0 Å². The summed E-state index contributed by atoms with van der Waals surface area (Å²) >= 11 is 0. The number of anilines is 1. The second-order valence-electron chi connectivity index (χ2n) is 4.64. The van der Waals surface area contributed by atoms with Crippen LogP contribution in [-0.2, 0) is 0 Å². The molecular weight excluding hydrogens is 224 g/mol. The van der Waals surface area contributed by atoms with Crippen molar-refractivity contribution in [1.82, 2.24) is 5.32 Å². The van der Waals surface area contributed by atoms with E-state index in [0.717, 1.165) is 18.8 Å². The molecule has 0 radical (unpaired) electrons. The van der Waals surface area contributed by atoms with Crippen LogP contribution in [-0.4, -0.2) is 34.3 Å². The van der Waals surface area contributed by atoms with Gasteiger partial charge < -0.3 is 15.0 Å². The highest BCUT2D eigenvalue weighted by atomic mass is 16.5. The summed E-state index contributed by atoms with van der Waals surface area (Å²) in [7, 11) is 5.86. The number of nitrogens with zero attached hydrogens (tertiary/aromatic N) is 1. The molecule has 0 bridgehead atoms. The normalized spacial score (nSPS) is 10.4. The third-order valence-corrected chi connectivity index (χ3v) is 3.16. The molecule has 0 heterocycles. The molecule has 0 saturated carbocycles. The van der Waals surface area contributed by atoms with Crippen molar-refractivity contribution < 1.29 is 4.74 Å². The molecule has 0 amide bonds. The molecule has 0 aromatic heterocycles. The zero-order valence-electron chi connectivity index (χ0n) is 11.9. The van der Waals surface area contributed by atoms with E-state index in [1.165, 1.54) is 31.4 Å². The van der Waals surface area contributed by atoms with Crippen molar-refractivity contribution in [2.75, 3.05) is 39.2 Å². The lowest BCUT2D eigenvalue weighted by molar-refractivity contribution is 0.415. The highest BCUT2D eigenvalue weighted by Crippen LogP contribution is 2.20. The molecule has 0 aliphatic carbocycles. The molecule has 1 aromatic carbocycles. The van der Waals surface area contributed by atoms with Gasteiger partial charge >= 0.3 is 0 Å². The van der Waals surface area contributed by atoms with Gasteiger partial charge in [-0.05, 0) is 38.6 Å². The van der Waals surface area contributed by atoms with Crippen LogP contribution in [0.1, 0.15) is 25.7 Å². The van der Waals surface area contributed by atoms with Gasteiger partial charge in [0.15, 0.2) is 0 Å². The largest absolute Gasteiger partial charge is 0.497 e. The van der Waals surface area contributed by atoms with Crippen molar-refractivity contribution in [1.29, 1.82) is 0 Å². The van der Waals surface area contributed by atoms with E-state index < -0.39 is 0 Å². The Kier molecular flexibility index (Phi) is 7.26. The lowest BCUT2D eigenvalue weighted by Gasteiger charge is -2.19. The third kappa shape index (κ3) is 5.41. The summed E-state index contributed by atoms with van der Waals surface area (Å²) in [6.45, 7) is 2.23. The summed E-state index contributed by atoms with van der Waals surface area (Å²) in [5, 5.41) is 3.18. The predicted molar refractivity (Wildman–Crippen MR) is 78.7 cm³/mol. The summed E-state index contributed by atoms with van der Waals surface area (Å²) in [6, 6.07) is 8.23. The number of benzene rings is 1. The van der Waals surface area contributed by atoms with E-state index in [0.29, 0.717) is 0 Å². The zero-order valence-corrected chi connectivity index (χ0v) is 11.9. The Bertz CT molecular complexity index is 328. The van der Waals surface area contributed by atoms with Gasteiger partial charge in [-0.15, -0.1) is 0 Å². The third-order valence-electron chi connectivity index (χ3n) is 3.16. The van der Waals surface area contributed by atoms with Crippen molar-refractivity contribution in [3.05, 3.63) is 24.3 Å². The molecule has 1 rings (SSSR count). The Morgan fingerprint density at radius 3 is 2.67 bits per heavy atom. The van der Waals surface area contributed by atoms with Crippen LogP contribution in [0.4, 0.5) is 5.69 Å². The highest BCUT2D eigenvalue weighted by molar-refractivity contribution is 5.49. The number of ether oxygens (including phenoxy) is 1. The van der Waals surface area contributed by atoms with Crippen molar-refractivity contribution >= 4 is 5.69 Å². The average molecular weight is 250 g/mol. The molecule has 0 aliphatic heterocycles. The van der Waals surface area contributed by atoms with Crippen molar-refractivity contribution in [3.63, 3.8) is 0 Å². The van der Waals surface area contributed by atoms with Crippen LogP contribution in [0.2, 0.25) is 0 Å². The predicted octanol–water partition coefficient (Wildman–Crippen LogP) is 2.91. The maximum atomic E-state index is 5.24. The lowest BCUT2D eigenvalue weighted by atomic mass is 10.2. The Hall–Kier alpha value is -1.22. The summed E-state index contributed by atoms with van der Waals surface area (Å²) in [5.41, 5.74) is 1.23. The molecule has 0 aliphatic rings. The SMILES string of the molecule is CNCCCCCCN(C)c1cccc(OC)c1. The van der Waals surface area contributed by atoms with Gasteiger partial charge in [0.05, 0.1) is 7.11 Å². The lowest BCUT2D eigenvalue weighted by Crippen LogP contribution is -2.18. The van der Waals surface area contributed by atoms with E-state index in [9.17, 15) is 0 Å². The van der Waals surface area contributed by atoms with E-state index in [-0.39, 0.29) is 0 Å². The molecule has 0 unspecified atom stereocenters. The minimum Gasteiger partial charge on any atom is -0.497 e. The average Bonchev–Trinajstić information content (AvgIpc) is 2.42. The number of methoxy groups -OCH3 is 1. The molecule has 18 heavy (non-hydrogen) atoms. The first-order valence-corrected chi connectivity index (χ1v) is 6.77. The molecule has 3 nitrogen and oxygen atoms in total. The van der Waals surface area contributed by atoms with Crippen molar-refractivity contribution in [2.45, 2.75) is 25.7 Å². The summed E-state index contributed by atoms with van der Waals surface area (Å²) in [4.78, 5) is 2.29. The molecule has 1 aromatic rings. The first-order chi connectivity index (χ1) is 8.77. The maximum absolute atomic E-state index is 5.24. The van der Waals surface area contributed by atoms with Gasteiger partial charge in [0, 0.05) is 25.3 Å². The topological polar surface area (TPSA) is 24.5 Å². The smallest absolute Gasteiger partial charge is 0.120 e. The number of hydrogen-bond donors (Lipinski definition) is 1. The van der Waals surface area contributed by atoms with Gasteiger partial charge in [-0.2, -0.15) is 0 Å². The minimum absolute atomic E-state index is 0.924. The monoisotopic (exact) mass is 250 g/mol. The molecule has 0 atom stereocenters. The van der Waals surface area contributed by atoms with Crippen LogP contribution in [0, 0.1) is 0 Å². The summed E-state index contributed by atoms with van der Waals surface area (Å²) < 4.78 is 5.24. The Labute approximate surface area is 111 Å². The van der Waals surface area contributed by atoms with Crippen LogP contribution in [0.5, 0.6) is 5.75 Å². The van der Waals surface area contributed by atoms with Gasteiger partial charge in [-0.1, -0.05) is 18.9 Å². The molecule has 102 valence electrons.